The molecule has 1 atom stereocenters. The van der Waals surface area contributed by atoms with E-state index in [1.165, 1.54) is 16.7 Å². The van der Waals surface area contributed by atoms with E-state index in [-0.39, 0.29) is 0 Å². The number of hydrogen-bond donors (Lipinski definition) is 0. The Balaban J connectivity index is 2.64. The van der Waals surface area contributed by atoms with Crippen LogP contribution in [0.2, 0.25) is 6.55 Å². The lowest BCUT2D eigenvalue weighted by Crippen LogP contribution is -2.27. The number of benzene rings is 1. The second-order valence-electron chi connectivity index (χ2n) is 3.54. The molecule has 0 amide bonds. The summed E-state index contributed by atoms with van der Waals surface area (Å²) in [5.41, 5.74) is 4.29. The molecule has 1 aliphatic heterocycles. The first-order valence-corrected chi connectivity index (χ1v) is 6.61. The lowest BCUT2D eigenvalue weighted by molar-refractivity contribution is 0.333. The van der Waals surface area contributed by atoms with E-state index in [1.54, 1.807) is 5.19 Å². The Morgan fingerprint density at radius 1 is 1.25 bits per heavy atom. The molecular weight excluding hydrogens is 164 g/mol. The fraction of sp³-hybridized carbons (Fsp3) is 0.400. The molecule has 0 saturated carbocycles. The highest BCUT2D eigenvalue weighted by Gasteiger charge is 2.23. The molecule has 1 aromatic carbocycles. The van der Waals surface area contributed by atoms with Gasteiger partial charge in [0.2, 0.25) is 9.04 Å². The normalized spacial score (nSPS) is 21.1. The van der Waals surface area contributed by atoms with Gasteiger partial charge in [0.15, 0.2) is 0 Å². The van der Waals surface area contributed by atoms with Gasteiger partial charge in [-0.3, -0.25) is 0 Å². The van der Waals surface area contributed by atoms with Gasteiger partial charge in [0, 0.05) is 0 Å². The highest BCUT2D eigenvalue weighted by molar-refractivity contribution is 6.68. The van der Waals surface area contributed by atoms with Gasteiger partial charge in [-0.1, -0.05) is 12.1 Å². The Labute approximate surface area is 75.1 Å². The molecule has 64 valence electrons. The molecule has 0 saturated heterocycles. The van der Waals surface area contributed by atoms with E-state index in [1.807, 2.05) is 0 Å². The average molecular weight is 178 g/mol. The van der Waals surface area contributed by atoms with E-state index in [0.29, 0.717) is 0 Å². The van der Waals surface area contributed by atoms with Gasteiger partial charge >= 0.3 is 0 Å². The summed E-state index contributed by atoms with van der Waals surface area (Å²) in [5, 5.41) is 1.55. The standard InChI is InChI=1S/C10H14OSi/c1-7-4-5-8(2)10-9(7)6-11-12(10)3/h4-5,12H,6H2,1-3H3. The third kappa shape index (κ3) is 1.03. The van der Waals surface area contributed by atoms with Crippen molar-refractivity contribution < 1.29 is 4.43 Å². The number of hydrogen-bond acceptors (Lipinski definition) is 1. The van der Waals surface area contributed by atoms with Gasteiger partial charge in [0.1, 0.15) is 0 Å². The maximum atomic E-state index is 5.72. The van der Waals surface area contributed by atoms with E-state index in [9.17, 15) is 0 Å². The first kappa shape index (κ1) is 8.02. The lowest BCUT2D eigenvalue weighted by Gasteiger charge is -2.07. The minimum absolute atomic E-state index is 0.857. The topological polar surface area (TPSA) is 9.23 Å². The summed E-state index contributed by atoms with van der Waals surface area (Å²) in [6, 6.07) is 4.41. The molecule has 0 aromatic heterocycles. The molecule has 1 unspecified atom stereocenters. The molecule has 2 rings (SSSR count). The molecule has 0 radical (unpaired) electrons. The van der Waals surface area contributed by atoms with Crippen molar-refractivity contribution in [2.75, 3.05) is 0 Å². The van der Waals surface area contributed by atoms with E-state index in [0.717, 1.165) is 6.61 Å². The number of fused-ring (bicyclic) bond motifs is 1. The van der Waals surface area contributed by atoms with Crippen molar-refractivity contribution in [1.29, 1.82) is 0 Å². The Kier molecular flexibility index (Phi) is 1.81. The van der Waals surface area contributed by atoms with Crippen LogP contribution < -0.4 is 5.19 Å². The summed E-state index contributed by atoms with van der Waals surface area (Å²) in [7, 11) is -1.01. The summed E-state index contributed by atoms with van der Waals surface area (Å²) in [6.07, 6.45) is 0. The molecule has 1 heterocycles. The van der Waals surface area contributed by atoms with Crippen molar-refractivity contribution in [1.82, 2.24) is 0 Å². The first-order chi connectivity index (χ1) is 5.70. The highest BCUT2D eigenvalue weighted by atomic mass is 28.3. The summed E-state index contributed by atoms with van der Waals surface area (Å²) in [5.74, 6) is 0. The van der Waals surface area contributed by atoms with Crippen molar-refractivity contribution >= 4 is 14.2 Å². The van der Waals surface area contributed by atoms with Crippen molar-refractivity contribution in [2.24, 2.45) is 0 Å². The zero-order chi connectivity index (χ0) is 8.72. The van der Waals surface area contributed by atoms with Crippen LogP contribution in [0.3, 0.4) is 0 Å². The molecule has 1 aromatic rings. The van der Waals surface area contributed by atoms with Crippen LogP contribution in [0.4, 0.5) is 0 Å². The predicted molar refractivity (Wildman–Crippen MR) is 53.4 cm³/mol. The molecule has 0 aliphatic carbocycles. The van der Waals surface area contributed by atoms with Crippen LogP contribution in [-0.2, 0) is 11.0 Å². The van der Waals surface area contributed by atoms with Gasteiger partial charge < -0.3 is 4.43 Å². The largest absolute Gasteiger partial charge is 0.411 e. The van der Waals surface area contributed by atoms with Crippen molar-refractivity contribution in [3.63, 3.8) is 0 Å². The molecule has 0 spiro atoms. The molecule has 1 aliphatic rings. The average Bonchev–Trinajstić information content (AvgIpc) is 2.42. The molecule has 0 N–H and O–H groups in total. The second kappa shape index (κ2) is 2.71. The smallest absolute Gasteiger partial charge is 0.206 e. The minimum atomic E-state index is -1.01. The van der Waals surface area contributed by atoms with Crippen LogP contribution >= 0.6 is 0 Å². The van der Waals surface area contributed by atoms with Crippen LogP contribution in [0.25, 0.3) is 0 Å². The van der Waals surface area contributed by atoms with Gasteiger partial charge in [-0.2, -0.15) is 0 Å². The molecule has 0 bridgehead atoms. The van der Waals surface area contributed by atoms with Gasteiger partial charge in [-0.15, -0.1) is 0 Å². The summed E-state index contributed by atoms with van der Waals surface area (Å²) >= 11 is 0. The van der Waals surface area contributed by atoms with Crippen molar-refractivity contribution in [2.45, 2.75) is 27.0 Å². The van der Waals surface area contributed by atoms with Crippen molar-refractivity contribution in [3.8, 4) is 0 Å². The molecule has 2 heteroatoms. The van der Waals surface area contributed by atoms with E-state index >= 15 is 0 Å². The van der Waals surface area contributed by atoms with E-state index < -0.39 is 9.04 Å². The van der Waals surface area contributed by atoms with Crippen LogP contribution in [0, 0.1) is 13.8 Å². The summed E-state index contributed by atoms with van der Waals surface area (Å²) in [4.78, 5) is 0. The zero-order valence-electron chi connectivity index (χ0n) is 7.85. The molecule has 12 heavy (non-hydrogen) atoms. The summed E-state index contributed by atoms with van der Waals surface area (Å²) < 4.78 is 5.72. The van der Waals surface area contributed by atoms with Gasteiger partial charge in [0.25, 0.3) is 0 Å². The Morgan fingerprint density at radius 2 is 1.92 bits per heavy atom. The first-order valence-electron chi connectivity index (χ1n) is 4.40. The zero-order valence-corrected chi connectivity index (χ0v) is 9.00. The molecular formula is C10H14OSi. The lowest BCUT2D eigenvalue weighted by atomic mass is 10.1. The summed E-state index contributed by atoms with van der Waals surface area (Å²) in [6.45, 7) is 7.49. The van der Waals surface area contributed by atoms with Gasteiger partial charge in [0.05, 0.1) is 6.61 Å². The Bertz CT molecular complexity index is 320. The van der Waals surface area contributed by atoms with Gasteiger partial charge in [-0.05, 0) is 42.3 Å². The molecule has 1 nitrogen and oxygen atoms in total. The fourth-order valence-electron chi connectivity index (χ4n) is 1.94. The monoisotopic (exact) mass is 178 g/mol. The Morgan fingerprint density at radius 3 is 2.58 bits per heavy atom. The second-order valence-corrected chi connectivity index (χ2v) is 5.74. The van der Waals surface area contributed by atoms with Crippen LogP contribution in [0.15, 0.2) is 12.1 Å². The SMILES string of the molecule is Cc1ccc(C)c2c1CO[SiH]2C. The predicted octanol–water partition coefficient (Wildman–Crippen LogP) is 1.39. The maximum absolute atomic E-state index is 5.72. The quantitative estimate of drug-likeness (QED) is 0.546. The van der Waals surface area contributed by atoms with Crippen LogP contribution in [0.1, 0.15) is 16.7 Å². The fourth-order valence-corrected chi connectivity index (χ4v) is 4.06. The third-order valence-corrected chi connectivity index (χ3v) is 4.98. The van der Waals surface area contributed by atoms with Crippen LogP contribution in [-0.4, -0.2) is 9.04 Å². The highest BCUT2D eigenvalue weighted by Crippen LogP contribution is 2.17. The number of aryl methyl sites for hydroxylation is 2. The Hall–Kier alpha value is -0.603. The van der Waals surface area contributed by atoms with E-state index in [4.69, 9.17) is 4.43 Å². The maximum Gasteiger partial charge on any atom is 0.206 e. The minimum Gasteiger partial charge on any atom is -0.411 e. The third-order valence-electron chi connectivity index (χ3n) is 2.69. The van der Waals surface area contributed by atoms with Crippen molar-refractivity contribution in [3.05, 3.63) is 28.8 Å². The van der Waals surface area contributed by atoms with Crippen LogP contribution in [0.5, 0.6) is 0 Å². The van der Waals surface area contributed by atoms with Gasteiger partial charge in [-0.25, -0.2) is 0 Å². The number of rotatable bonds is 0. The molecule has 0 fully saturated rings. The van der Waals surface area contributed by atoms with E-state index in [2.05, 4.69) is 32.5 Å².